The van der Waals surface area contributed by atoms with Crippen LogP contribution in [0.15, 0.2) is 45.8 Å². The smallest absolute Gasteiger partial charge is 0.182 e. The molecule has 17 heavy (non-hydrogen) atoms. The third kappa shape index (κ3) is 3.44. The van der Waals surface area contributed by atoms with Crippen LogP contribution in [-0.4, -0.2) is 11.5 Å². The van der Waals surface area contributed by atoms with Crippen molar-refractivity contribution in [1.29, 1.82) is 0 Å². The second-order valence-electron chi connectivity index (χ2n) is 3.55. The second-order valence-corrected chi connectivity index (χ2v) is 6.71. The number of hydrogen-bond acceptors (Lipinski definition) is 3. The first-order valence-electron chi connectivity index (χ1n) is 5.14. The maximum Gasteiger partial charge on any atom is 0.182 e. The molecule has 0 aliphatic rings. The average molecular weight is 327 g/mol. The summed E-state index contributed by atoms with van der Waals surface area (Å²) >= 11 is 6.61. The van der Waals surface area contributed by atoms with Gasteiger partial charge in [0.15, 0.2) is 5.78 Å². The number of thiophene rings is 1. The summed E-state index contributed by atoms with van der Waals surface area (Å²) in [6.07, 6.45) is 0. The highest BCUT2D eigenvalue weighted by atomic mass is 79.9. The molecule has 1 aromatic carbocycles. The van der Waals surface area contributed by atoms with Gasteiger partial charge in [0.2, 0.25) is 0 Å². The molecule has 2 aromatic rings. The maximum absolute atomic E-state index is 11.9. The number of carbonyl (C=O) groups excluding carboxylic acids is 1. The number of rotatable bonds is 4. The van der Waals surface area contributed by atoms with Gasteiger partial charge in [0.05, 0.1) is 10.6 Å². The van der Waals surface area contributed by atoms with Crippen molar-refractivity contribution < 1.29 is 4.79 Å². The van der Waals surface area contributed by atoms with Crippen molar-refractivity contribution in [3.05, 3.63) is 50.6 Å². The lowest BCUT2D eigenvalue weighted by molar-refractivity contribution is 0.102. The molecule has 0 spiro atoms. The number of hydrogen-bond donors (Lipinski definition) is 0. The Balaban J connectivity index is 1.99. The Kier molecular flexibility index (Phi) is 4.42. The van der Waals surface area contributed by atoms with Gasteiger partial charge in [-0.1, -0.05) is 12.1 Å². The number of benzene rings is 1. The fraction of sp³-hybridized carbons (Fsp3) is 0.154. The monoisotopic (exact) mass is 326 g/mol. The Morgan fingerprint density at radius 2 is 2.06 bits per heavy atom. The van der Waals surface area contributed by atoms with Crippen LogP contribution in [0.3, 0.4) is 0 Å². The van der Waals surface area contributed by atoms with Gasteiger partial charge in [-0.3, -0.25) is 4.79 Å². The van der Waals surface area contributed by atoms with Crippen molar-refractivity contribution in [1.82, 2.24) is 0 Å². The van der Waals surface area contributed by atoms with Crippen molar-refractivity contribution in [2.75, 3.05) is 5.75 Å². The van der Waals surface area contributed by atoms with Gasteiger partial charge in [0, 0.05) is 14.2 Å². The predicted molar refractivity (Wildman–Crippen MR) is 78.3 cm³/mol. The molecule has 0 aliphatic heterocycles. The minimum Gasteiger partial charge on any atom is -0.292 e. The van der Waals surface area contributed by atoms with E-state index in [1.54, 1.807) is 23.1 Å². The summed E-state index contributed by atoms with van der Waals surface area (Å²) in [4.78, 5) is 15.1. The Bertz CT molecular complexity index is 534. The number of aryl methyl sites for hydroxylation is 1. The SMILES string of the molecule is Cc1ccc(C(=O)CSc2ccccc2Br)s1. The summed E-state index contributed by atoms with van der Waals surface area (Å²) in [5.74, 6) is 0.687. The molecule has 0 radical (unpaired) electrons. The summed E-state index contributed by atoms with van der Waals surface area (Å²) in [6.45, 7) is 2.02. The van der Waals surface area contributed by atoms with Gasteiger partial charge in [-0.15, -0.1) is 23.1 Å². The molecular formula is C13H11BrOS2. The minimum absolute atomic E-state index is 0.198. The van der Waals surface area contributed by atoms with Crippen molar-refractivity contribution in [3.63, 3.8) is 0 Å². The van der Waals surface area contributed by atoms with Crippen molar-refractivity contribution in [2.45, 2.75) is 11.8 Å². The number of carbonyl (C=O) groups is 1. The number of thioether (sulfide) groups is 1. The normalized spacial score (nSPS) is 10.5. The van der Waals surface area contributed by atoms with Gasteiger partial charge in [0.1, 0.15) is 0 Å². The van der Waals surface area contributed by atoms with Crippen LogP contribution >= 0.6 is 39.0 Å². The first kappa shape index (κ1) is 12.9. The van der Waals surface area contributed by atoms with E-state index in [1.807, 2.05) is 43.3 Å². The summed E-state index contributed by atoms with van der Waals surface area (Å²) in [5.41, 5.74) is 0. The van der Waals surface area contributed by atoms with E-state index in [2.05, 4.69) is 15.9 Å². The topological polar surface area (TPSA) is 17.1 Å². The third-order valence-electron chi connectivity index (χ3n) is 2.21. The van der Waals surface area contributed by atoms with Crippen LogP contribution < -0.4 is 0 Å². The van der Waals surface area contributed by atoms with E-state index in [4.69, 9.17) is 0 Å². The molecule has 0 aliphatic carbocycles. The van der Waals surface area contributed by atoms with Crippen molar-refractivity contribution in [3.8, 4) is 0 Å². The minimum atomic E-state index is 0.198. The van der Waals surface area contributed by atoms with Crippen LogP contribution in [0.5, 0.6) is 0 Å². The van der Waals surface area contributed by atoms with E-state index >= 15 is 0 Å². The lowest BCUT2D eigenvalue weighted by atomic mass is 10.3. The van der Waals surface area contributed by atoms with Gasteiger partial charge in [-0.2, -0.15) is 0 Å². The molecule has 88 valence electrons. The Labute approximate surface area is 117 Å². The van der Waals surface area contributed by atoms with E-state index in [0.717, 1.165) is 14.2 Å². The second kappa shape index (κ2) is 5.85. The quantitative estimate of drug-likeness (QED) is 0.593. The lowest BCUT2D eigenvalue weighted by Crippen LogP contribution is -1.99. The zero-order valence-corrected chi connectivity index (χ0v) is 12.5. The zero-order chi connectivity index (χ0) is 12.3. The number of Topliss-reactive ketones (excluding diaryl/α,β-unsaturated/α-hetero) is 1. The van der Waals surface area contributed by atoms with Crippen LogP contribution in [0, 0.1) is 6.92 Å². The zero-order valence-electron chi connectivity index (χ0n) is 9.27. The van der Waals surface area contributed by atoms with E-state index in [-0.39, 0.29) is 5.78 Å². The first-order chi connectivity index (χ1) is 8.16. The molecule has 0 atom stereocenters. The van der Waals surface area contributed by atoms with Crippen molar-refractivity contribution in [2.24, 2.45) is 0 Å². The summed E-state index contributed by atoms with van der Waals surface area (Å²) < 4.78 is 1.04. The molecule has 1 aromatic heterocycles. The van der Waals surface area contributed by atoms with Gasteiger partial charge in [-0.25, -0.2) is 0 Å². The molecule has 0 amide bonds. The highest BCUT2D eigenvalue weighted by molar-refractivity contribution is 9.10. The molecule has 0 saturated heterocycles. The van der Waals surface area contributed by atoms with Gasteiger partial charge in [-0.05, 0) is 47.1 Å². The van der Waals surface area contributed by atoms with E-state index in [9.17, 15) is 4.79 Å². The van der Waals surface area contributed by atoms with Crippen LogP contribution in [0.25, 0.3) is 0 Å². The summed E-state index contributed by atoms with van der Waals surface area (Å²) in [5, 5.41) is 0. The molecule has 0 N–H and O–H groups in total. The van der Waals surface area contributed by atoms with Gasteiger partial charge >= 0.3 is 0 Å². The van der Waals surface area contributed by atoms with Crippen molar-refractivity contribution >= 4 is 44.8 Å². The highest BCUT2D eigenvalue weighted by Gasteiger charge is 2.09. The standard InChI is InChI=1S/C13H11BrOS2/c1-9-6-7-13(17-9)11(15)8-16-12-5-3-2-4-10(12)14/h2-7H,8H2,1H3. The number of ketones is 1. The largest absolute Gasteiger partial charge is 0.292 e. The summed E-state index contributed by atoms with van der Waals surface area (Å²) in [6, 6.07) is 11.8. The fourth-order valence-electron chi connectivity index (χ4n) is 1.36. The van der Waals surface area contributed by atoms with E-state index < -0.39 is 0 Å². The molecule has 0 unspecified atom stereocenters. The molecule has 0 saturated carbocycles. The maximum atomic E-state index is 11.9. The predicted octanol–water partition coefficient (Wildman–Crippen LogP) is 4.79. The Hall–Kier alpha value is -0.580. The molecule has 1 nitrogen and oxygen atoms in total. The van der Waals surface area contributed by atoms with Gasteiger partial charge < -0.3 is 0 Å². The van der Waals surface area contributed by atoms with Crippen LogP contribution in [0.1, 0.15) is 14.5 Å². The summed E-state index contributed by atoms with van der Waals surface area (Å²) in [7, 11) is 0. The third-order valence-corrected chi connectivity index (χ3v) is 5.28. The molecule has 4 heteroatoms. The molecular weight excluding hydrogens is 316 g/mol. The van der Waals surface area contributed by atoms with E-state index in [0.29, 0.717) is 5.75 Å². The Morgan fingerprint density at radius 1 is 1.29 bits per heavy atom. The number of halogens is 1. The molecule has 0 fully saturated rings. The molecule has 2 rings (SSSR count). The highest BCUT2D eigenvalue weighted by Crippen LogP contribution is 2.28. The average Bonchev–Trinajstić information content (AvgIpc) is 2.74. The fourth-order valence-corrected chi connectivity index (χ4v) is 3.71. The Morgan fingerprint density at radius 3 is 2.71 bits per heavy atom. The first-order valence-corrected chi connectivity index (χ1v) is 7.73. The van der Waals surface area contributed by atoms with E-state index in [1.165, 1.54) is 4.88 Å². The van der Waals surface area contributed by atoms with Gasteiger partial charge in [0.25, 0.3) is 0 Å². The molecule has 0 bridgehead atoms. The lowest BCUT2D eigenvalue weighted by Gasteiger charge is -2.02. The van der Waals surface area contributed by atoms with Crippen LogP contribution in [-0.2, 0) is 0 Å². The van der Waals surface area contributed by atoms with Crippen LogP contribution in [0.4, 0.5) is 0 Å². The van der Waals surface area contributed by atoms with Crippen LogP contribution in [0.2, 0.25) is 0 Å². The molecule has 1 heterocycles.